The molecule has 6 nitrogen and oxygen atoms in total. The summed E-state index contributed by atoms with van der Waals surface area (Å²) >= 11 is 0. The molecule has 0 radical (unpaired) electrons. The Bertz CT molecular complexity index is 726. The predicted molar refractivity (Wildman–Crippen MR) is 92.4 cm³/mol. The number of benzene rings is 2. The fourth-order valence-electron chi connectivity index (χ4n) is 2.12. The molecule has 0 saturated carbocycles. The molecule has 2 rings (SSSR count). The van der Waals surface area contributed by atoms with Gasteiger partial charge in [0.25, 0.3) is 5.91 Å². The van der Waals surface area contributed by atoms with Gasteiger partial charge in [-0.05, 0) is 42.3 Å². The number of carboxylic acid groups (broad SMARTS) is 1. The number of nitrogens with two attached hydrogens (primary N) is 1. The number of nitrogen functional groups attached to an aromatic ring is 1. The summed E-state index contributed by atoms with van der Waals surface area (Å²) in [5.41, 5.74) is 7.98. The van der Waals surface area contributed by atoms with E-state index in [-0.39, 0.29) is 12.3 Å². The molecule has 0 atom stereocenters. The smallest absolute Gasteiger partial charge is 0.307 e. The molecule has 0 aliphatic heterocycles. The summed E-state index contributed by atoms with van der Waals surface area (Å²) in [6, 6.07) is 11.6. The summed E-state index contributed by atoms with van der Waals surface area (Å²) in [4.78, 5) is 22.9. The highest BCUT2D eigenvalue weighted by atomic mass is 16.5. The zero-order valence-corrected chi connectivity index (χ0v) is 13.4. The Labute approximate surface area is 140 Å². The Morgan fingerprint density at radius 2 is 1.88 bits per heavy atom. The number of aliphatic carboxylic acids is 1. The maximum Gasteiger partial charge on any atom is 0.307 e. The summed E-state index contributed by atoms with van der Waals surface area (Å²) in [6.07, 6.45) is 0.823. The van der Waals surface area contributed by atoms with E-state index in [4.69, 9.17) is 15.6 Å². The predicted octanol–water partition coefficient (Wildman–Crippen LogP) is 2.94. The second-order valence-electron chi connectivity index (χ2n) is 5.32. The molecule has 2 aromatic carbocycles. The molecule has 126 valence electrons. The third-order valence-corrected chi connectivity index (χ3v) is 3.30. The molecular weight excluding hydrogens is 308 g/mol. The van der Waals surface area contributed by atoms with E-state index < -0.39 is 5.97 Å². The monoisotopic (exact) mass is 328 g/mol. The molecule has 0 heterocycles. The summed E-state index contributed by atoms with van der Waals surface area (Å²) < 4.78 is 5.48. The number of carbonyl (C=O) groups excluding carboxylic acids is 1. The third kappa shape index (κ3) is 4.74. The molecule has 0 fully saturated rings. The van der Waals surface area contributed by atoms with Gasteiger partial charge in [0.05, 0.1) is 18.7 Å². The molecule has 0 aliphatic rings. The zero-order valence-electron chi connectivity index (χ0n) is 13.4. The van der Waals surface area contributed by atoms with E-state index in [9.17, 15) is 9.59 Å². The van der Waals surface area contributed by atoms with Crippen molar-refractivity contribution in [1.82, 2.24) is 0 Å². The van der Waals surface area contributed by atoms with E-state index in [0.29, 0.717) is 34.9 Å². The van der Waals surface area contributed by atoms with Gasteiger partial charge in [0.15, 0.2) is 0 Å². The Balaban J connectivity index is 2.04. The fourth-order valence-corrected chi connectivity index (χ4v) is 2.12. The zero-order chi connectivity index (χ0) is 17.5. The maximum atomic E-state index is 12.3. The SMILES string of the molecule is CCCOc1ccc(C(=O)Nc2ccc(CC(=O)O)cc2)cc1N. The molecule has 0 unspecified atom stereocenters. The molecule has 0 aromatic heterocycles. The number of hydrogen-bond acceptors (Lipinski definition) is 4. The van der Waals surface area contributed by atoms with Crippen molar-refractivity contribution in [3.8, 4) is 5.75 Å². The molecule has 6 heteroatoms. The quantitative estimate of drug-likeness (QED) is 0.678. The number of rotatable bonds is 7. The van der Waals surface area contributed by atoms with Gasteiger partial charge >= 0.3 is 5.97 Å². The van der Waals surface area contributed by atoms with Crippen LogP contribution in [0.3, 0.4) is 0 Å². The highest BCUT2D eigenvalue weighted by molar-refractivity contribution is 6.05. The highest BCUT2D eigenvalue weighted by Crippen LogP contribution is 2.23. The van der Waals surface area contributed by atoms with Crippen molar-refractivity contribution in [1.29, 1.82) is 0 Å². The first-order valence-corrected chi connectivity index (χ1v) is 7.64. The van der Waals surface area contributed by atoms with Gasteiger partial charge in [0, 0.05) is 11.3 Å². The van der Waals surface area contributed by atoms with Crippen LogP contribution in [-0.2, 0) is 11.2 Å². The van der Waals surface area contributed by atoms with E-state index in [2.05, 4.69) is 5.32 Å². The van der Waals surface area contributed by atoms with Crippen molar-refractivity contribution in [3.63, 3.8) is 0 Å². The van der Waals surface area contributed by atoms with Crippen LogP contribution in [0.5, 0.6) is 5.75 Å². The molecule has 0 aliphatic carbocycles. The molecule has 2 aromatic rings. The van der Waals surface area contributed by atoms with E-state index in [1.807, 2.05) is 6.92 Å². The van der Waals surface area contributed by atoms with Gasteiger partial charge in [-0.3, -0.25) is 9.59 Å². The molecule has 0 spiro atoms. The molecular formula is C18H20N2O4. The van der Waals surface area contributed by atoms with E-state index in [1.54, 1.807) is 42.5 Å². The number of anilines is 2. The lowest BCUT2D eigenvalue weighted by atomic mass is 10.1. The van der Waals surface area contributed by atoms with Crippen LogP contribution in [0.25, 0.3) is 0 Å². The van der Waals surface area contributed by atoms with Crippen LogP contribution in [0, 0.1) is 0 Å². The van der Waals surface area contributed by atoms with Crippen LogP contribution in [0.4, 0.5) is 11.4 Å². The van der Waals surface area contributed by atoms with Gasteiger partial charge in [0.1, 0.15) is 5.75 Å². The second kappa shape index (κ2) is 8.01. The third-order valence-electron chi connectivity index (χ3n) is 3.30. The van der Waals surface area contributed by atoms with Crippen LogP contribution in [-0.4, -0.2) is 23.6 Å². The van der Waals surface area contributed by atoms with Gasteiger partial charge in [0.2, 0.25) is 0 Å². The number of carboxylic acids is 1. The highest BCUT2D eigenvalue weighted by Gasteiger charge is 2.10. The average Bonchev–Trinajstić information content (AvgIpc) is 2.55. The van der Waals surface area contributed by atoms with Crippen molar-refractivity contribution in [3.05, 3.63) is 53.6 Å². The lowest BCUT2D eigenvalue weighted by molar-refractivity contribution is -0.136. The van der Waals surface area contributed by atoms with Crippen LogP contribution in [0.1, 0.15) is 29.3 Å². The molecule has 24 heavy (non-hydrogen) atoms. The van der Waals surface area contributed by atoms with Gasteiger partial charge in [-0.25, -0.2) is 0 Å². The van der Waals surface area contributed by atoms with Gasteiger partial charge in [-0.2, -0.15) is 0 Å². The van der Waals surface area contributed by atoms with E-state index in [1.165, 1.54) is 0 Å². The summed E-state index contributed by atoms with van der Waals surface area (Å²) in [5.74, 6) is -0.631. The van der Waals surface area contributed by atoms with Crippen LogP contribution in [0.15, 0.2) is 42.5 Å². The molecule has 0 saturated heterocycles. The van der Waals surface area contributed by atoms with Crippen LogP contribution in [0.2, 0.25) is 0 Å². The summed E-state index contributed by atoms with van der Waals surface area (Å²) in [7, 11) is 0. The van der Waals surface area contributed by atoms with Crippen molar-refractivity contribution in [2.45, 2.75) is 19.8 Å². The van der Waals surface area contributed by atoms with Crippen molar-refractivity contribution in [2.75, 3.05) is 17.7 Å². The average molecular weight is 328 g/mol. The largest absolute Gasteiger partial charge is 0.491 e. The van der Waals surface area contributed by atoms with Gasteiger partial charge < -0.3 is 20.9 Å². The standard InChI is InChI=1S/C18H20N2O4/c1-2-9-24-16-8-5-13(11-15(16)19)18(23)20-14-6-3-12(4-7-14)10-17(21)22/h3-8,11H,2,9-10,19H2,1H3,(H,20,23)(H,21,22). The first kappa shape index (κ1) is 17.3. The second-order valence-corrected chi connectivity index (χ2v) is 5.32. The Morgan fingerprint density at radius 1 is 1.17 bits per heavy atom. The Hall–Kier alpha value is -3.02. The minimum atomic E-state index is -0.896. The number of amides is 1. The van der Waals surface area contributed by atoms with E-state index in [0.717, 1.165) is 6.42 Å². The topological polar surface area (TPSA) is 102 Å². The normalized spacial score (nSPS) is 10.2. The van der Waals surface area contributed by atoms with Gasteiger partial charge in [-0.1, -0.05) is 19.1 Å². The first-order chi connectivity index (χ1) is 11.5. The summed E-state index contributed by atoms with van der Waals surface area (Å²) in [5, 5.41) is 11.5. The number of hydrogen-bond donors (Lipinski definition) is 3. The van der Waals surface area contributed by atoms with Crippen molar-refractivity contribution in [2.24, 2.45) is 0 Å². The number of ether oxygens (including phenoxy) is 1. The molecule has 0 bridgehead atoms. The lowest BCUT2D eigenvalue weighted by Gasteiger charge is -2.10. The molecule has 4 N–H and O–H groups in total. The lowest BCUT2D eigenvalue weighted by Crippen LogP contribution is -2.12. The van der Waals surface area contributed by atoms with Crippen LogP contribution >= 0.6 is 0 Å². The van der Waals surface area contributed by atoms with Crippen molar-refractivity contribution < 1.29 is 19.4 Å². The fraction of sp³-hybridized carbons (Fsp3) is 0.222. The Morgan fingerprint density at radius 3 is 2.46 bits per heavy atom. The number of carbonyl (C=O) groups is 2. The minimum Gasteiger partial charge on any atom is -0.491 e. The Kier molecular flexibility index (Phi) is 5.78. The minimum absolute atomic E-state index is 0.0516. The molecule has 1 amide bonds. The van der Waals surface area contributed by atoms with E-state index >= 15 is 0 Å². The maximum absolute atomic E-state index is 12.3. The number of nitrogens with one attached hydrogen (secondary N) is 1. The summed E-state index contributed by atoms with van der Waals surface area (Å²) in [6.45, 7) is 2.57. The van der Waals surface area contributed by atoms with Crippen LogP contribution < -0.4 is 15.8 Å². The first-order valence-electron chi connectivity index (χ1n) is 7.64. The van der Waals surface area contributed by atoms with Crippen molar-refractivity contribution >= 4 is 23.3 Å². The van der Waals surface area contributed by atoms with Gasteiger partial charge in [-0.15, -0.1) is 0 Å².